The molecular weight excluding hydrogens is 276 g/mol. The lowest BCUT2D eigenvalue weighted by atomic mass is 10.0. The molecule has 0 heterocycles. The van der Waals surface area contributed by atoms with Gasteiger partial charge in [0.2, 0.25) is 5.91 Å². The topological polar surface area (TPSA) is 64.3 Å². The molecule has 0 aliphatic heterocycles. The fourth-order valence-electron chi connectivity index (χ4n) is 2.15. The van der Waals surface area contributed by atoms with Gasteiger partial charge in [0.05, 0.1) is 6.54 Å². The lowest BCUT2D eigenvalue weighted by molar-refractivity contribution is -0.121. The predicted octanol–water partition coefficient (Wildman–Crippen LogP) is 2.58. The van der Waals surface area contributed by atoms with E-state index < -0.39 is 0 Å². The molecule has 0 aliphatic carbocycles. The molecule has 0 saturated carbocycles. The number of rotatable bonds is 7. The first-order chi connectivity index (χ1) is 10.6. The summed E-state index contributed by atoms with van der Waals surface area (Å²) in [6.45, 7) is 2.92. The Morgan fingerprint density at radius 3 is 2.68 bits per heavy atom. The molecule has 2 rings (SSSR count). The van der Waals surface area contributed by atoms with Crippen molar-refractivity contribution in [3.63, 3.8) is 0 Å². The van der Waals surface area contributed by atoms with Crippen LogP contribution in [-0.2, 0) is 4.79 Å². The van der Waals surface area contributed by atoms with Crippen LogP contribution in [0.1, 0.15) is 23.6 Å². The Labute approximate surface area is 131 Å². The van der Waals surface area contributed by atoms with Crippen molar-refractivity contribution in [1.29, 1.82) is 0 Å². The number of ether oxygens (including phenoxy) is 1. The molecule has 0 fully saturated rings. The summed E-state index contributed by atoms with van der Waals surface area (Å²) < 4.78 is 5.58. The normalized spacial score (nSPS) is 11.7. The van der Waals surface area contributed by atoms with Gasteiger partial charge in [-0.15, -0.1) is 0 Å². The second-order valence-electron chi connectivity index (χ2n) is 5.24. The summed E-state index contributed by atoms with van der Waals surface area (Å²) in [5, 5.41) is 2.82. The van der Waals surface area contributed by atoms with Crippen LogP contribution in [-0.4, -0.2) is 19.1 Å². The molecule has 0 saturated heterocycles. The predicted molar refractivity (Wildman–Crippen MR) is 87.7 cm³/mol. The smallest absolute Gasteiger partial charge is 0.222 e. The third kappa shape index (κ3) is 5.22. The van der Waals surface area contributed by atoms with Gasteiger partial charge in [0.25, 0.3) is 0 Å². The molecule has 4 nitrogen and oxygen atoms in total. The molecule has 0 spiro atoms. The Kier molecular flexibility index (Phi) is 5.98. The van der Waals surface area contributed by atoms with Crippen LogP contribution in [0.5, 0.6) is 5.75 Å². The van der Waals surface area contributed by atoms with E-state index in [1.54, 1.807) is 0 Å². The van der Waals surface area contributed by atoms with E-state index in [9.17, 15) is 4.79 Å². The highest BCUT2D eigenvalue weighted by atomic mass is 16.5. The molecule has 1 amide bonds. The van der Waals surface area contributed by atoms with Crippen molar-refractivity contribution < 1.29 is 9.53 Å². The summed E-state index contributed by atoms with van der Waals surface area (Å²) in [5.74, 6) is 0.749. The zero-order valence-corrected chi connectivity index (χ0v) is 12.8. The lowest BCUT2D eigenvalue weighted by Crippen LogP contribution is -2.30. The monoisotopic (exact) mass is 298 g/mol. The van der Waals surface area contributed by atoms with Gasteiger partial charge in [0.1, 0.15) is 12.4 Å². The van der Waals surface area contributed by atoms with Gasteiger partial charge >= 0.3 is 0 Å². The first-order valence-corrected chi connectivity index (χ1v) is 7.42. The first-order valence-electron chi connectivity index (χ1n) is 7.42. The van der Waals surface area contributed by atoms with Crippen molar-refractivity contribution in [2.75, 3.05) is 13.2 Å². The lowest BCUT2D eigenvalue weighted by Gasteiger charge is -2.12. The Morgan fingerprint density at radius 1 is 1.18 bits per heavy atom. The summed E-state index contributed by atoms with van der Waals surface area (Å²) in [5.41, 5.74) is 8.13. The Morgan fingerprint density at radius 2 is 1.95 bits per heavy atom. The first kappa shape index (κ1) is 16.0. The molecule has 3 N–H and O–H groups in total. The molecule has 0 bridgehead atoms. The van der Waals surface area contributed by atoms with Crippen LogP contribution in [0.4, 0.5) is 0 Å². The second-order valence-corrected chi connectivity index (χ2v) is 5.24. The number of hydrogen-bond acceptors (Lipinski definition) is 3. The van der Waals surface area contributed by atoms with E-state index in [4.69, 9.17) is 10.5 Å². The minimum Gasteiger partial charge on any atom is -0.492 e. The molecule has 116 valence electrons. The molecule has 1 unspecified atom stereocenters. The Hall–Kier alpha value is -2.33. The standard InChI is InChI=1S/C18H22N2O2/c1-14-6-5-9-16(12-14)22-11-10-20-18(21)13-17(19)15-7-3-2-4-8-15/h2-9,12,17H,10-11,13,19H2,1H3,(H,20,21). The number of hydrogen-bond donors (Lipinski definition) is 2. The SMILES string of the molecule is Cc1cccc(OCCNC(=O)CC(N)c2ccccc2)c1. The maximum atomic E-state index is 11.8. The molecule has 22 heavy (non-hydrogen) atoms. The van der Waals surface area contributed by atoms with Gasteiger partial charge in [-0.1, -0.05) is 42.5 Å². The van der Waals surface area contributed by atoms with Gasteiger partial charge in [-0.25, -0.2) is 0 Å². The molecule has 1 atom stereocenters. The van der Waals surface area contributed by atoms with Gasteiger partial charge in [0, 0.05) is 12.5 Å². The van der Waals surface area contributed by atoms with Crippen LogP contribution in [0.2, 0.25) is 0 Å². The summed E-state index contributed by atoms with van der Waals surface area (Å²) in [6, 6.07) is 17.2. The van der Waals surface area contributed by atoms with Crippen molar-refractivity contribution in [3.05, 3.63) is 65.7 Å². The quantitative estimate of drug-likeness (QED) is 0.772. The van der Waals surface area contributed by atoms with Crippen LogP contribution >= 0.6 is 0 Å². The van der Waals surface area contributed by atoms with Crippen molar-refractivity contribution in [1.82, 2.24) is 5.32 Å². The number of carbonyl (C=O) groups is 1. The molecule has 0 radical (unpaired) electrons. The number of nitrogens with one attached hydrogen (secondary N) is 1. The van der Waals surface area contributed by atoms with Crippen molar-refractivity contribution in [2.24, 2.45) is 5.73 Å². The maximum absolute atomic E-state index is 11.8. The van der Waals surface area contributed by atoms with Crippen LogP contribution in [0.3, 0.4) is 0 Å². The highest BCUT2D eigenvalue weighted by molar-refractivity contribution is 5.76. The Bertz CT molecular complexity index is 599. The fourth-order valence-corrected chi connectivity index (χ4v) is 2.15. The molecule has 2 aromatic carbocycles. The molecule has 2 aromatic rings. The van der Waals surface area contributed by atoms with Crippen molar-refractivity contribution in [2.45, 2.75) is 19.4 Å². The van der Waals surface area contributed by atoms with E-state index in [2.05, 4.69) is 5.32 Å². The number of aryl methyl sites for hydroxylation is 1. The minimum atomic E-state index is -0.279. The fraction of sp³-hybridized carbons (Fsp3) is 0.278. The maximum Gasteiger partial charge on any atom is 0.222 e. The average molecular weight is 298 g/mol. The van der Waals surface area contributed by atoms with E-state index in [0.717, 1.165) is 16.9 Å². The molecular formula is C18H22N2O2. The van der Waals surface area contributed by atoms with Crippen LogP contribution in [0, 0.1) is 6.92 Å². The van der Waals surface area contributed by atoms with E-state index in [1.165, 1.54) is 0 Å². The van der Waals surface area contributed by atoms with Crippen molar-refractivity contribution in [3.8, 4) is 5.75 Å². The molecule has 0 aliphatic rings. The number of amides is 1. The van der Waals surface area contributed by atoms with Crippen LogP contribution in [0.15, 0.2) is 54.6 Å². The van der Waals surface area contributed by atoms with E-state index in [0.29, 0.717) is 13.2 Å². The highest BCUT2D eigenvalue weighted by Crippen LogP contribution is 2.13. The van der Waals surface area contributed by atoms with Crippen LogP contribution < -0.4 is 15.8 Å². The molecule has 0 aromatic heterocycles. The Balaban J connectivity index is 1.68. The highest BCUT2D eigenvalue weighted by Gasteiger charge is 2.10. The molecule has 4 heteroatoms. The number of benzene rings is 2. The van der Waals surface area contributed by atoms with E-state index in [1.807, 2.05) is 61.5 Å². The summed E-state index contributed by atoms with van der Waals surface area (Å²) >= 11 is 0. The van der Waals surface area contributed by atoms with E-state index >= 15 is 0 Å². The summed E-state index contributed by atoms with van der Waals surface area (Å²) in [7, 11) is 0. The van der Waals surface area contributed by atoms with Gasteiger partial charge in [-0.2, -0.15) is 0 Å². The zero-order valence-electron chi connectivity index (χ0n) is 12.8. The summed E-state index contributed by atoms with van der Waals surface area (Å²) in [4.78, 5) is 11.8. The van der Waals surface area contributed by atoms with Gasteiger partial charge in [-0.05, 0) is 30.2 Å². The van der Waals surface area contributed by atoms with Gasteiger partial charge < -0.3 is 15.8 Å². The summed E-state index contributed by atoms with van der Waals surface area (Å²) in [6.07, 6.45) is 0.272. The van der Waals surface area contributed by atoms with Gasteiger partial charge in [0.15, 0.2) is 0 Å². The third-order valence-corrected chi connectivity index (χ3v) is 3.32. The largest absolute Gasteiger partial charge is 0.492 e. The minimum absolute atomic E-state index is 0.0656. The third-order valence-electron chi connectivity index (χ3n) is 3.32. The number of nitrogens with two attached hydrogens (primary N) is 1. The van der Waals surface area contributed by atoms with E-state index in [-0.39, 0.29) is 18.4 Å². The number of carbonyl (C=O) groups excluding carboxylic acids is 1. The zero-order chi connectivity index (χ0) is 15.8. The van der Waals surface area contributed by atoms with Crippen molar-refractivity contribution >= 4 is 5.91 Å². The average Bonchev–Trinajstić information content (AvgIpc) is 2.52. The second kappa shape index (κ2) is 8.20. The van der Waals surface area contributed by atoms with Crippen LogP contribution in [0.25, 0.3) is 0 Å². The van der Waals surface area contributed by atoms with Gasteiger partial charge in [-0.3, -0.25) is 4.79 Å².